The summed E-state index contributed by atoms with van der Waals surface area (Å²) in [7, 11) is 1.71. The molecule has 1 aliphatic heterocycles. The third-order valence-electron chi connectivity index (χ3n) is 5.20. The van der Waals surface area contributed by atoms with E-state index in [9.17, 15) is 4.79 Å². The molecule has 4 rings (SSSR count). The van der Waals surface area contributed by atoms with E-state index in [1.807, 2.05) is 49.4 Å². The number of piperidine rings is 1. The summed E-state index contributed by atoms with van der Waals surface area (Å²) in [4.78, 5) is 14.8. The van der Waals surface area contributed by atoms with E-state index >= 15 is 0 Å². The Hall–Kier alpha value is -2.96. The molecule has 0 atom stereocenters. The minimum Gasteiger partial charge on any atom is -0.355 e. The fourth-order valence-electron chi connectivity index (χ4n) is 3.67. The lowest BCUT2D eigenvalue weighted by Gasteiger charge is -2.32. The highest BCUT2D eigenvalue weighted by Gasteiger charge is 2.23. The topological polar surface area (TPSA) is 68.8 Å². The molecule has 0 radical (unpaired) electrons. The molecular formula is C20H24N6O. The van der Waals surface area contributed by atoms with Crippen molar-refractivity contribution < 1.29 is 0 Å². The number of para-hydroxylation sites is 1. The van der Waals surface area contributed by atoms with Crippen molar-refractivity contribution in [3.8, 4) is 5.69 Å². The maximum atomic E-state index is 12.5. The molecule has 1 saturated heterocycles. The number of hydrogen-bond donors (Lipinski definition) is 0. The molecule has 7 heteroatoms. The lowest BCUT2D eigenvalue weighted by molar-refractivity contribution is 0.392. The first-order valence-electron chi connectivity index (χ1n) is 9.37. The van der Waals surface area contributed by atoms with E-state index < -0.39 is 0 Å². The Bertz CT molecular complexity index is 952. The molecule has 0 bridgehead atoms. The summed E-state index contributed by atoms with van der Waals surface area (Å²) in [6.45, 7) is 3.84. The first kappa shape index (κ1) is 17.5. The van der Waals surface area contributed by atoms with Crippen LogP contribution in [-0.4, -0.2) is 37.6 Å². The van der Waals surface area contributed by atoms with Gasteiger partial charge in [-0.1, -0.05) is 18.2 Å². The first-order valence-corrected chi connectivity index (χ1v) is 9.37. The van der Waals surface area contributed by atoms with Crippen LogP contribution in [0.4, 0.5) is 5.82 Å². The average Bonchev–Trinajstić information content (AvgIpc) is 2.97. The number of benzene rings is 1. The van der Waals surface area contributed by atoms with Crippen molar-refractivity contribution in [3.63, 3.8) is 0 Å². The molecule has 0 amide bonds. The highest BCUT2D eigenvalue weighted by molar-refractivity contribution is 5.37. The van der Waals surface area contributed by atoms with Crippen LogP contribution >= 0.6 is 0 Å². The Morgan fingerprint density at radius 3 is 2.44 bits per heavy atom. The van der Waals surface area contributed by atoms with Crippen LogP contribution in [0.2, 0.25) is 0 Å². The molecule has 1 fully saturated rings. The Morgan fingerprint density at radius 2 is 1.78 bits per heavy atom. The van der Waals surface area contributed by atoms with Gasteiger partial charge in [0, 0.05) is 26.6 Å². The van der Waals surface area contributed by atoms with Crippen LogP contribution in [0.1, 0.15) is 24.4 Å². The van der Waals surface area contributed by atoms with Gasteiger partial charge in [0.25, 0.3) is 0 Å². The summed E-state index contributed by atoms with van der Waals surface area (Å²) < 4.78 is 3.16. The molecule has 7 nitrogen and oxygen atoms in total. The number of hydrogen-bond acceptors (Lipinski definition) is 5. The highest BCUT2D eigenvalue weighted by Crippen LogP contribution is 2.24. The molecule has 3 aromatic rings. The monoisotopic (exact) mass is 364 g/mol. The van der Waals surface area contributed by atoms with Crippen molar-refractivity contribution in [2.45, 2.75) is 26.2 Å². The van der Waals surface area contributed by atoms with Gasteiger partial charge in [-0.15, -0.1) is 5.10 Å². The predicted molar refractivity (Wildman–Crippen MR) is 104 cm³/mol. The molecule has 2 aromatic heterocycles. The summed E-state index contributed by atoms with van der Waals surface area (Å²) in [6, 6.07) is 13.8. The summed E-state index contributed by atoms with van der Waals surface area (Å²) in [5, 5.41) is 12.9. The van der Waals surface area contributed by atoms with Crippen LogP contribution in [0, 0.1) is 12.8 Å². The summed E-state index contributed by atoms with van der Waals surface area (Å²) in [6.07, 6.45) is 2.91. The van der Waals surface area contributed by atoms with Gasteiger partial charge in [0.1, 0.15) is 5.82 Å². The maximum absolute atomic E-state index is 12.5. The lowest BCUT2D eigenvalue weighted by atomic mass is 9.93. The van der Waals surface area contributed by atoms with Crippen molar-refractivity contribution in [2.24, 2.45) is 13.0 Å². The standard InChI is InChI=1S/C20H24N6O/c1-15-8-9-18(22-21-15)25-12-10-16(11-13-25)14-19-23-24(2)20(27)26(19)17-6-4-3-5-7-17/h3-9,16H,10-14H2,1-2H3. The van der Waals surface area contributed by atoms with Crippen molar-refractivity contribution in [2.75, 3.05) is 18.0 Å². The second kappa shape index (κ2) is 7.34. The van der Waals surface area contributed by atoms with Gasteiger partial charge in [-0.05, 0) is 49.9 Å². The normalized spacial score (nSPS) is 15.3. The van der Waals surface area contributed by atoms with Gasteiger partial charge < -0.3 is 4.90 Å². The third-order valence-corrected chi connectivity index (χ3v) is 5.20. The fourth-order valence-corrected chi connectivity index (χ4v) is 3.67. The quantitative estimate of drug-likeness (QED) is 0.709. The van der Waals surface area contributed by atoms with Gasteiger partial charge >= 0.3 is 5.69 Å². The lowest BCUT2D eigenvalue weighted by Crippen LogP contribution is -2.35. The summed E-state index contributed by atoms with van der Waals surface area (Å²) in [5.41, 5.74) is 1.71. The van der Waals surface area contributed by atoms with Crippen LogP contribution in [-0.2, 0) is 13.5 Å². The van der Waals surface area contributed by atoms with E-state index in [4.69, 9.17) is 0 Å². The molecule has 1 aliphatic rings. The third kappa shape index (κ3) is 3.63. The molecule has 0 spiro atoms. The van der Waals surface area contributed by atoms with E-state index in [0.717, 1.165) is 55.4 Å². The average molecular weight is 364 g/mol. The van der Waals surface area contributed by atoms with E-state index in [-0.39, 0.29) is 5.69 Å². The van der Waals surface area contributed by atoms with E-state index in [1.165, 1.54) is 4.68 Å². The smallest absolute Gasteiger partial charge is 0.350 e. The zero-order chi connectivity index (χ0) is 18.8. The Balaban J connectivity index is 1.48. The summed E-state index contributed by atoms with van der Waals surface area (Å²) >= 11 is 0. The number of rotatable bonds is 4. The minimum absolute atomic E-state index is 0.0939. The van der Waals surface area contributed by atoms with Crippen molar-refractivity contribution in [3.05, 3.63) is 64.5 Å². The Kier molecular flexibility index (Phi) is 4.75. The predicted octanol–water partition coefficient (Wildman–Crippen LogP) is 2.13. The zero-order valence-electron chi connectivity index (χ0n) is 15.7. The molecule has 0 N–H and O–H groups in total. The van der Waals surface area contributed by atoms with Crippen molar-refractivity contribution in [1.82, 2.24) is 24.5 Å². The zero-order valence-corrected chi connectivity index (χ0v) is 15.7. The minimum atomic E-state index is -0.0939. The van der Waals surface area contributed by atoms with Gasteiger partial charge in [0.05, 0.1) is 11.4 Å². The van der Waals surface area contributed by atoms with Crippen LogP contribution in [0.5, 0.6) is 0 Å². The number of nitrogens with zero attached hydrogens (tertiary/aromatic N) is 6. The van der Waals surface area contributed by atoms with Crippen LogP contribution in [0.25, 0.3) is 5.69 Å². The second-order valence-corrected chi connectivity index (χ2v) is 7.16. The molecule has 140 valence electrons. The Labute approximate surface area is 158 Å². The molecule has 3 heterocycles. The maximum Gasteiger partial charge on any atom is 0.350 e. The molecular weight excluding hydrogens is 340 g/mol. The van der Waals surface area contributed by atoms with E-state index in [0.29, 0.717) is 5.92 Å². The van der Waals surface area contributed by atoms with Gasteiger partial charge in [-0.25, -0.2) is 14.0 Å². The molecule has 27 heavy (non-hydrogen) atoms. The number of aromatic nitrogens is 5. The number of aryl methyl sites for hydroxylation is 2. The SMILES string of the molecule is Cc1ccc(N2CCC(Cc3nn(C)c(=O)n3-c3ccccc3)CC2)nn1. The van der Waals surface area contributed by atoms with Crippen molar-refractivity contribution in [1.29, 1.82) is 0 Å². The van der Waals surface area contributed by atoms with Crippen molar-refractivity contribution >= 4 is 5.82 Å². The highest BCUT2D eigenvalue weighted by atomic mass is 16.2. The number of anilines is 1. The van der Waals surface area contributed by atoms with Gasteiger partial charge in [0.2, 0.25) is 0 Å². The van der Waals surface area contributed by atoms with Crippen LogP contribution in [0.3, 0.4) is 0 Å². The molecule has 0 unspecified atom stereocenters. The van der Waals surface area contributed by atoms with Crippen LogP contribution < -0.4 is 10.6 Å². The van der Waals surface area contributed by atoms with E-state index in [2.05, 4.69) is 20.2 Å². The fraction of sp³-hybridized carbons (Fsp3) is 0.400. The molecule has 0 saturated carbocycles. The Morgan fingerprint density at radius 1 is 1.04 bits per heavy atom. The molecule has 1 aromatic carbocycles. The van der Waals surface area contributed by atoms with Gasteiger partial charge in [-0.3, -0.25) is 0 Å². The second-order valence-electron chi connectivity index (χ2n) is 7.16. The summed E-state index contributed by atoms with van der Waals surface area (Å²) in [5.74, 6) is 2.28. The van der Waals surface area contributed by atoms with Crippen LogP contribution in [0.15, 0.2) is 47.3 Å². The largest absolute Gasteiger partial charge is 0.355 e. The van der Waals surface area contributed by atoms with E-state index in [1.54, 1.807) is 11.6 Å². The first-order chi connectivity index (χ1) is 13.1. The molecule has 0 aliphatic carbocycles. The van der Waals surface area contributed by atoms with Gasteiger partial charge in [0.15, 0.2) is 5.82 Å². The van der Waals surface area contributed by atoms with Gasteiger partial charge in [-0.2, -0.15) is 10.2 Å².